The summed E-state index contributed by atoms with van der Waals surface area (Å²) < 4.78 is 0. The van der Waals surface area contributed by atoms with E-state index in [-0.39, 0.29) is 10.8 Å². The molecule has 2 saturated carbocycles. The lowest BCUT2D eigenvalue weighted by atomic mass is 9.92. The number of rotatable bonds is 16. The Morgan fingerprint density at radius 3 is 1.38 bits per heavy atom. The van der Waals surface area contributed by atoms with Gasteiger partial charge >= 0.3 is 11.9 Å². The molecular formula is C28H42O4. The van der Waals surface area contributed by atoms with Gasteiger partial charge in [-0.3, -0.25) is 9.59 Å². The van der Waals surface area contributed by atoms with Crippen molar-refractivity contribution in [2.75, 3.05) is 0 Å². The van der Waals surface area contributed by atoms with Crippen LogP contribution in [0.1, 0.15) is 112 Å². The van der Waals surface area contributed by atoms with E-state index in [9.17, 15) is 19.8 Å². The van der Waals surface area contributed by atoms with Crippen LogP contribution in [0.15, 0.2) is 12.1 Å². The first-order chi connectivity index (χ1) is 15.3. The average molecular weight is 443 g/mol. The van der Waals surface area contributed by atoms with Crippen LogP contribution >= 0.6 is 0 Å². The normalized spacial score (nSPS) is 17.8. The second-order valence-electron chi connectivity index (χ2n) is 10.7. The Balaban J connectivity index is 1.32. The van der Waals surface area contributed by atoms with Crippen molar-refractivity contribution < 1.29 is 19.8 Å². The monoisotopic (exact) mass is 442 g/mol. The van der Waals surface area contributed by atoms with Crippen LogP contribution in [0.2, 0.25) is 0 Å². The molecule has 0 saturated heterocycles. The smallest absolute Gasteiger partial charge is 0.309 e. The maximum absolute atomic E-state index is 11.3. The molecule has 0 aliphatic heterocycles. The van der Waals surface area contributed by atoms with Gasteiger partial charge in [0.15, 0.2) is 0 Å². The highest BCUT2D eigenvalue weighted by Gasteiger charge is 2.49. The number of unbranched alkanes of at least 4 members (excludes halogenated alkanes) is 6. The number of aliphatic carboxylic acids is 2. The van der Waals surface area contributed by atoms with E-state index in [1.807, 2.05) is 0 Å². The Labute approximate surface area is 193 Å². The maximum atomic E-state index is 11.3. The predicted molar refractivity (Wildman–Crippen MR) is 128 cm³/mol. The summed E-state index contributed by atoms with van der Waals surface area (Å²) >= 11 is 0. The zero-order chi connectivity index (χ0) is 23.2. The molecule has 0 heterocycles. The largest absolute Gasteiger partial charge is 0.481 e. The summed E-state index contributed by atoms with van der Waals surface area (Å²) in [5.74, 6) is -1.18. The summed E-state index contributed by atoms with van der Waals surface area (Å²) in [6.07, 6.45) is 16.5. The fourth-order valence-corrected chi connectivity index (χ4v) is 5.19. The van der Waals surface area contributed by atoms with Crippen molar-refractivity contribution in [3.05, 3.63) is 34.4 Å². The molecule has 0 aromatic heterocycles. The molecule has 0 amide bonds. The first-order valence-corrected chi connectivity index (χ1v) is 12.8. The second-order valence-corrected chi connectivity index (χ2v) is 10.7. The van der Waals surface area contributed by atoms with E-state index in [0.717, 1.165) is 77.0 Å². The molecule has 0 bridgehead atoms. The fraction of sp³-hybridized carbons (Fsp3) is 0.714. The van der Waals surface area contributed by atoms with Crippen LogP contribution in [-0.4, -0.2) is 22.2 Å². The third-order valence-corrected chi connectivity index (χ3v) is 8.11. The quantitative estimate of drug-likeness (QED) is 0.270. The molecule has 1 aromatic rings. The number of hydrogen-bond acceptors (Lipinski definition) is 2. The Bertz CT molecular complexity index is 739. The number of carboxylic acid groups (broad SMARTS) is 2. The molecule has 32 heavy (non-hydrogen) atoms. The van der Waals surface area contributed by atoms with Crippen LogP contribution in [-0.2, 0) is 22.4 Å². The van der Waals surface area contributed by atoms with Gasteiger partial charge in [0.25, 0.3) is 0 Å². The van der Waals surface area contributed by atoms with Gasteiger partial charge in [0.2, 0.25) is 0 Å². The van der Waals surface area contributed by atoms with E-state index in [4.69, 9.17) is 0 Å². The van der Waals surface area contributed by atoms with Crippen molar-refractivity contribution in [2.45, 2.75) is 117 Å². The first kappa shape index (κ1) is 24.8. The van der Waals surface area contributed by atoms with Crippen LogP contribution in [0.5, 0.6) is 0 Å². The molecule has 0 unspecified atom stereocenters. The highest BCUT2D eigenvalue weighted by Crippen LogP contribution is 2.50. The van der Waals surface area contributed by atoms with Gasteiger partial charge < -0.3 is 10.2 Å². The summed E-state index contributed by atoms with van der Waals surface area (Å²) in [6.45, 7) is 4.43. The summed E-state index contributed by atoms with van der Waals surface area (Å²) in [4.78, 5) is 22.5. The van der Waals surface area contributed by atoms with Crippen LogP contribution < -0.4 is 0 Å². The minimum Gasteiger partial charge on any atom is -0.481 e. The minimum absolute atomic E-state index is 0.363. The average Bonchev–Trinajstić information content (AvgIpc) is 3.65. The van der Waals surface area contributed by atoms with E-state index in [2.05, 4.69) is 26.0 Å². The fourth-order valence-electron chi connectivity index (χ4n) is 5.19. The molecule has 0 spiro atoms. The zero-order valence-corrected chi connectivity index (χ0v) is 20.2. The number of benzene rings is 1. The minimum atomic E-state index is -0.590. The Morgan fingerprint density at radius 2 is 1.03 bits per heavy atom. The lowest BCUT2D eigenvalue weighted by Crippen LogP contribution is -2.14. The van der Waals surface area contributed by atoms with E-state index < -0.39 is 11.9 Å². The van der Waals surface area contributed by atoms with Crippen molar-refractivity contribution in [2.24, 2.45) is 10.8 Å². The molecule has 2 aliphatic rings. The first-order valence-electron chi connectivity index (χ1n) is 12.8. The van der Waals surface area contributed by atoms with E-state index >= 15 is 0 Å². The highest BCUT2D eigenvalue weighted by molar-refractivity contribution is 5.78. The van der Waals surface area contributed by atoms with Gasteiger partial charge in [0, 0.05) is 0 Å². The highest BCUT2D eigenvalue weighted by atomic mass is 16.4. The second kappa shape index (κ2) is 10.9. The summed E-state index contributed by atoms with van der Waals surface area (Å²) in [5.41, 5.74) is 4.98. The molecule has 2 fully saturated rings. The third kappa shape index (κ3) is 6.59. The van der Waals surface area contributed by atoms with Crippen LogP contribution in [0, 0.1) is 24.7 Å². The van der Waals surface area contributed by atoms with Crippen molar-refractivity contribution in [1.82, 2.24) is 0 Å². The molecule has 0 radical (unpaired) electrons. The number of hydrogen-bond donors (Lipinski definition) is 2. The van der Waals surface area contributed by atoms with Crippen LogP contribution in [0.4, 0.5) is 0 Å². The van der Waals surface area contributed by atoms with Gasteiger partial charge in [-0.2, -0.15) is 0 Å². The Kier molecular flexibility index (Phi) is 8.41. The maximum Gasteiger partial charge on any atom is 0.309 e. The topological polar surface area (TPSA) is 74.6 Å². The van der Waals surface area contributed by atoms with E-state index in [1.165, 1.54) is 47.9 Å². The standard InChI is InChI=1S/C28H42O4/c1-21-19-22(2)24(12-8-4-6-10-14-28(17-18-28)26(31)32)20-23(21)11-7-3-5-9-13-27(15-16-27)25(29)30/h19-20H,3-18H2,1-2H3,(H,29,30)(H,31,32). The molecular weight excluding hydrogens is 400 g/mol. The van der Waals surface area contributed by atoms with Gasteiger partial charge in [-0.15, -0.1) is 0 Å². The third-order valence-electron chi connectivity index (χ3n) is 8.11. The predicted octanol–water partition coefficient (Wildman–Crippen LogP) is 7.02. The van der Waals surface area contributed by atoms with Crippen LogP contribution in [0.3, 0.4) is 0 Å². The lowest BCUT2D eigenvalue weighted by molar-refractivity contribution is -0.144. The van der Waals surface area contributed by atoms with Gasteiger partial charge in [0.1, 0.15) is 0 Å². The molecule has 178 valence electrons. The Morgan fingerprint density at radius 1 is 0.656 bits per heavy atom. The summed E-state index contributed by atoms with van der Waals surface area (Å²) in [6, 6.07) is 4.75. The van der Waals surface area contributed by atoms with Crippen molar-refractivity contribution >= 4 is 11.9 Å². The Hall–Kier alpha value is -1.84. The zero-order valence-electron chi connectivity index (χ0n) is 20.2. The molecule has 2 N–H and O–H groups in total. The molecule has 0 atom stereocenters. The van der Waals surface area contributed by atoms with Crippen molar-refractivity contribution in [3.8, 4) is 0 Å². The van der Waals surface area contributed by atoms with E-state index in [1.54, 1.807) is 0 Å². The molecule has 4 nitrogen and oxygen atoms in total. The molecule has 4 heteroatoms. The van der Waals surface area contributed by atoms with Gasteiger partial charge in [-0.1, -0.05) is 50.7 Å². The van der Waals surface area contributed by atoms with Gasteiger partial charge in [0.05, 0.1) is 10.8 Å². The van der Waals surface area contributed by atoms with Gasteiger partial charge in [-0.05, 0) is 100 Å². The SMILES string of the molecule is Cc1cc(C)c(CCCCCCC2(C(=O)O)CC2)cc1CCCCCCC1(C(=O)O)CC1. The van der Waals surface area contributed by atoms with Crippen LogP contribution in [0.25, 0.3) is 0 Å². The summed E-state index contributed by atoms with van der Waals surface area (Å²) in [7, 11) is 0. The summed E-state index contributed by atoms with van der Waals surface area (Å²) in [5, 5.41) is 18.5. The molecule has 2 aliphatic carbocycles. The van der Waals surface area contributed by atoms with Gasteiger partial charge in [-0.25, -0.2) is 0 Å². The number of carboxylic acids is 2. The number of carbonyl (C=O) groups is 2. The molecule has 3 rings (SSSR count). The number of aryl methyl sites for hydroxylation is 4. The lowest BCUT2D eigenvalue weighted by Gasteiger charge is -2.13. The van der Waals surface area contributed by atoms with E-state index in [0.29, 0.717) is 0 Å². The van der Waals surface area contributed by atoms with Crippen molar-refractivity contribution in [1.29, 1.82) is 0 Å². The van der Waals surface area contributed by atoms with Crippen molar-refractivity contribution in [3.63, 3.8) is 0 Å². The molecule has 1 aromatic carbocycles.